The molecule has 39 nitrogen and oxygen atoms in total. The fourth-order valence-corrected chi connectivity index (χ4v) is 11.5. The van der Waals surface area contributed by atoms with E-state index in [4.69, 9.17) is 40.1 Å². The van der Waals surface area contributed by atoms with E-state index in [1.54, 1.807) is 55.4 Å². The lowest BCUT2D eigenvalue weighted by atomic mass is 9.98. The second-order valence-electron chi connectivity index (χ2n) is 29.6. The quantitative estimate of drug-likeness (QED) is 0.0272. The van der Waals surface area contributed by atoms with E-state index in [-0.39, 0.29) is 109 Å². The predicted octanol–water partition coefficient (Wildman–Crippen LogP) is -4.99. The van der Waals surface area contributed by atoms with Crippen LogP contribution in [0.1, 0.15) is 197 Å². The molecule has 14 atom stereocenters. The Kier molecular flexibility index (Phi) is 49.2. The van der Waals surface area contributed by atoms with Crippen LogP contribution in [0.4, 0.5) is 0 Å². The molecule has 30 N–H and O–H groups in total. The Morgan fingerprint density at radius 3 is 1.01 bits per heavy atom. The Bertz CT molecular complexity index is 3090. The number of unbranched alkanes of at least 4 members (excludes halogenated alkanes) is 5. The molecular weight excluding hydrogens is 1440 g/mol. The molecule has 0 spiro atoms. The van der Waals surface area contributed by atoms with Crippen molar-refractivity contribution in [2.75, 3.05) is 39.3 Å². The summed E-state index contributed by atoms with van der Waals surface area (Å²) in [6.45, 7) is 16.4. The van der Waals surface area contributed by atoms with Gasteiger partial charge in [0, 0.05) is 24.7 Å². The molecule has 1 heterocycles. The zero-order valence-electron chi connectivity index (χ0n) is 66.4. The van der Waals surface area contributed by atoms with Crippen molar-refractivity contribution < 1.29 is 82.1 Å². The Labute approximate surface area is 651 Å². The van der Waals surface area contributed by atoms with Gasteiger partial charge in [0.1, 0.15) is 78.5 Å². The summed E-state index contributed by atoms with van der Waals surface area (Å²) in [5.74, 6) is -14.8. The van der Waals surface area contributed by atoms with E-state index >= 15 is 0 Å². The molecule has 111 heavy (non-hydrogen) atoms. The number of hydrogen-bond donors (Lipinski definition) is 23. The van der Waals surface area contributed by atoms with E-state index in [9.17, 15) is 82.1 Å². The molecule has 14 amide bonds. The molecule has 632 valence electrons. The Balaban J connectivity index is 3.50. The maximum Gasteiger partial charge on any atom is 0.326 e. The minimum atomic E-state index is -1.75. The summed E-state index contributed by atoms with van der Waals surface area (Å²) in [6.07, 6.45) is 6.10. The summed E-state index contributed by atoms with van der Waals surface area (Å²) in [5.41, 5.74) is 40.2. The van der Waals surface area contributed by atoms with E-state index < -0.39 is 192 Å². The lowest BCUT2D eigenvalue weighted by molar-refractivity contribution is -0.142. The SMILES string of the molecule is CC(C)C[C@H](NC(=O)[C@H](Cc1cnc[nH]1)NC(=O)[C@H](CCC(N)=O)NC(=O)[C@H](C)N)C(=O)N[C@@H](CCCCN)C(=O)N[C@@H](C)C(=O)N[C@H](C(=O)N[C@@H](CO)C(=O)N[C@@H](CCCCN)C(=O)N[C@@H](CCCCN)C(=O)N[C@H](C(=O)N[C@@H](CC(C)C)C(=O)N[C@@H](CCCCN)C(=O)N[C@@H](CCCCN)C(=O)O)C(C)C)C(C)C. The first-order chi connectivity index (χ1) is 52.4. The first-order valence-corrected chi connectivity index (χ1v) is 38.7. The van der Waals surface area contributed by atoms with Crippen LogP contribution in [-0.4, -0.2) is 233 Å². The summed E-state index contributed by atoms with van der Waals surface area (Å²) in [4.78, 5) is 213. The largest absolute Gasteiger partial charge is 0.480 e. The third-order valence-electron chi connectivity index (χ3n) is 18.0. The first-order valence-electron chi connectivity index (χ1n) is 38.7. The number of carbonyl (C=O) groups excluding carboxylic acids is 14. The van der Waals surface area contributed by atoms with Gasteiger partial charge in [-0.2, -0.15) is 0 Å². The summed E-state index contributed by atoms with van der Waals surface area (Å²) in [5, 5.41) is 54.4. The molecule has 0 aliphatic carbocycles. The maximum atomic E-state index is 14.5. The molecular formula is C72H132N22O17. The molecule has 0 fully saturated rings. The Morgan fingerprint density at radius 2 is 0.667 bits per heavy atom. The summed E-state index contributed by atoms with van der Waals surface area (Å²) < 4.78 is 0. The van der Waals surface area contributed by atoms with Crippen LogP contribution in [0, 0.1) is 23.7 Å². The molecule has 0 radical (unpaired) electrons. The van der Waals surface area contributed by atoms with E-state index in [0.29, 0.717) is 70.0 Å². The monoisotopic (exact) mass is 1580 g/mol. The highest BCUT2D eigenvalue weighted by molar-refractivity contribution is 6.00. The Morgan fingerprint density at radius 1 is 0.369 bits per heavy atom. The Hall–Kier alpha value is -9.02. The molecule has 0 aliphatic heterocycles. The van der Waals surface area contributed by atoms with Gasteiger partial charge in [-0.3, -0.25) is 67.1 Å². The average Bonchev–Trinajstić information content (AvgIpc) is 1.79. The van der Waals surface area contributed by atoms with Gasteiger partial charge in [-0.1, -0.05) is 55.4 Å². The van der Waals surface area contributed by atoms with Crippen LogP contribution in [-0.2, 0) is 78.3 Å². The molecule has 1 aromatic rings. The normalized spacial score (nSPS) is 15.2. The highest BCUT2D eigenvalue weighted by Gasteiger charge is 2.39. The molecule has 0 unspecified atom stereocenters. The molecule has 0 saturated carbocycles. The fraction of sp³-hybridized carbons (Fsp3) is 0.750. The van der Waals surface area contributed by atoms with E-state index in [0.717, 1.165) is 0 Å². The highest BCUT2D eigenvalue weighted by atomic mass is 16.4. The number of nitrogens with zero attached hydrogens (tertiary/aromatic N) is 1. The number of nitrogens with two attached hydrogens (primary N) is 7. The smallest absolute Gasteiger partial charge is 0.326 e. The van der Waals surface area contributed by atoms with Crippen molar-refractivity contribution >= 4 is 88.7 Å². The van der Waals surface area contributed by atoms with Crippen molar-refractivity contribution in [2.24, 2.45) is 63.8 Å². The van der Waals surface area contributed by atoms with Crippen LogP contribution in [0.25, 0.3) is 0 Å². The zero-order chi connectivity index (χ0) is 84.0. The minimum absolute atomic E-state index is 0.00280. The second-order valence-corrected chi connectivity index (χ2v) is 29.6. The summed E-state index contributed by atoms with van der Waals surface area (Å²) in [7, 11) is 0. The molecule has 0 saturated heterocycles. The van der Waals surface area contributed by atoms with E-state index in [1.165, 1.54) is 26.4 Å². The zero-order valence-corrected chi connectivity index (χ0v) is 66.4. The number of carboxylic acids is 1. The van der Waals surface area contributed by atoms with Crippen LogP contribution in [0.2, 0.25) is 0 Å². The number of imidazole rings is 1. The number of carboxylic acid groups (broad SMARTS) is 1. The summed E-state index contributed by atoms with van der Waals surface area (Å²) >= 11 is 0. The van der Waals surface area contributed by atoms with Gasteiger partial charge in [-0.15, -0.1) is 0 Å². The molecule has 0 aliphatic rings. The number of aliphatic hydroxyl groups excluding tert-OH is 1. The lowest BCUT2D eigenvalue weighted by Gasteiger charge is -2.30. The molecule has 1 aromatic heterocycles. The second kappa shape index (κ2) is 54.6. The highest BCUT2D eigenvalue weighted by Crippen LogP contribution is 2.16. The van der Waals surface area contributed by atoms with Crippen LogP contribution >= 0.6 is 0 Å². The van der Waals surface area contributed by atoms with Crippen molar-refractivity contribution in [1.82, 2.24) is 79.1 Å². The number of primary amides is 1. The van der Waals surface area contributed by atoms with Gasteiger partial charge in [0.05, 0.1) is 19.0 Å². The number of aliphatic hydroxyl groups is 1. The van der Waals surface area contributed by atoms with Gasteiger partial charge in [-0.25, -0.2) is 9.78 Å². The third kappa shape index (κ3) is 39.6. The number of carbonyl (C=O) groups is 15. The number of aliphatic carboxylic acids is 1. The van der Waals surface area contributed by atoms with Crippen LogP contribution in [0.5, 0.6) is 0 Å². The maximum absolute atomic E-state index is 14.5. The number of aromatic nitrogens is 2. The van der Waals surface area contributed by atoms with Gasteiger partial charge in [0.25, 0.3) is 0 Å². The van der Waals surface area contributed by atoms with Gasteiger partial charge in [0.2, 0.25) is 82.7 Å². The van der Waals surface area contributed by atoms with E-state index in [2.05, 4.69) is 79.1 Å². The fourth-order valence-electron chi connectivity index (χ4n) is 11.5. The van der Waals surface area contributed by atoms with Gasteiger partial charge in [0.15, 0.2) is 0 Å². The lowest BCUT2D eigenvalue weighted by Crippen LogP contribution is -2.62. The van der Waals surface area contributed by atoms with E-state index in [1.807, 2.05) is 0 Å². The van der Waals surface area contributed by atoms with Crippen molar-refractivity contribution in [2.45, 2.75) is 282 Å². The third-order valence-corrected chi connectivity index (χ3v) is 18.0. The predicted molar refractivity (Wildman–Crippen MR) is 413 cm³/mol. The van der Waals surface area contributed by atoms with Crippen molar-refractivity contribution in [3.05, 3.63) is 18.2 Å². The number of hydrogen-bond acceptors (Lipinski definition) is 23. The van der Waals surface area contributed by atoms with Crippen molar-refractivity contribution in [1.29, 1.82) is 0 Å². The molecule has 39 heteroatoms. The van der Waals surface area contributed by atoms with Gasteiger partial charge >= 0.3 is 5.97 Å². The van der Waals surface area contributed by atoms with Gasteiger partial charge in [-0.05, 0) is 186 Å². The first kappa shape index (κ1) is 100.0. The molecule has 0 aromatic carbocycles. The van der Waals surface area contributed by atoms with Crippen LogP contribution < -0.4 is 109 Å². The number of amides is 14. The molecule has 1 rings (SSSR count). The number of nitrogens with one attached hydrogen (secondary N) is 14. The van der Waals surface area contributed by atoms with Crippen molar-refractivity contribution in [3.8, 4) is 0 Å². The van der Waals surface area contributed by atoms with Gasteiger partial charge < -0.3 is 124 Å². The average molecular weight is 1580 g/mol. The summed E-state index contributed by atoms with van der Waals surface area (Å²) in [6, 6.07) is -18.9. The van der Waals surface area contributed by atoms with Crippen LogP contribution in [0.3, 0.4) is 0 Å². The number of H-pyrrole nitrogens is 1. The topological polar surface area (TPSA) is 664 Å². The van der Waals surface area contributed by atoms with Crippen LogP contribution in [0.15, 0.2) is 12.5 Å². The standard InChI is InChI=1S/C72H132N22O17/c1-39(2)33-52(89-68(106)54(35-45-36-80-38-81-45)90-64(102)50(26-27-56(79)96)83-59(97)43(9)78)66(104)85-46(21-11-16-28-73)61(99)82-44(10)60(98)93-57(41(5)6)71(109)92-55(37-95)69(107)87-47(22-12-17-29-74)62(100)84-49(24-14-19-31-76)65(103)94-58(42(7)8)70(108)91-53(34-40(3)4)67(105)86-48(23-13-18-30-75)63(101)88-51(72(110)111)25-15-20-32-77/h36,38-44,46-55,57-58,95H,11-35,37,73-78H2,1-10H3,(H2,79,96)(H,80,81)(H,82,99)(H,83,97)(H,84,100)(H,85,104)(H,86,105)(H,87,107)(H,88,101)(H,89,106)(H,90,102)(H,91,108)(H,92,109)(H,93,98)(H,94,103)(H,110,111)/t43-,44-,46-,47-,48-,49-,50-,51-,52-,53-,54-,55-,57-,58-/m0/s1. The number of rotatable bonds is 59. The van der Waals surface area contributed by atoms with Crippen molar-refractivity contribution in [3.63, 3.8) is 0 Å². The molecule has 0 bridgehead atoms. The minimum Gasteiger partial charge on any atom is -0.480 e. The number of aromatic amines is 1.